The van der Waals surface area contributed by atoms with Gasteiger partial charge < -0.3 is 20.1 Å². The lowest BCUT2D eigenvalue weighted by atomic mass is 10.2. The molecule has 0 bridgehead atoms. The van der Waals surface area contributed by atoms with E-state index in [0.29, 0.717) is 0 Å². The summed E-state index contributed by atoms with van der Waals surface area (Å²) >= 11 is 0. The van der Waals surface area contributed by atoms with E-state index in [-0.39, 0.29) is 17.0 Å². The number of halogens is 2. The summed E-state index contributed by atoms with van der Waals surface area (Å²) in [6.45, 7) is -0.841. The number of para-hydroxylation sites is 1. The molecule has 0 aliphatic heterocycles. The molecule has 2 amide bonds. The van der Waals surface area contributed by atoms with Gasteiger partial charge in [-0.15, -0.1) is 0 Å². The van der Waals surface area contributed by atoms with Crippen molar-refractivity contribution in [3.8, 4) is 5.75 Å². The second kappa shape index (κ2) is 9.27. The SMILES string of the molecule is COC(=O)c1ccccc1OCC(=O)NCC(=O)Nc1ccc(F)c(F)c1. The van der Waals surface area contributed by atoms with E-state index in [4.69, 9.17) is 4.74 Å². The molecule has 0 aliphatic carbocycles. The minimum Gasteiger partial charge on any atom is -0.483 e. The molecule has 0 unspecified atom stereocenters. The van der Waals surface area contributed by atoms with Gasteiger partial charge in [-0.25, -0.2) is 13.6 Å². The maximum absolute atomic E-state index is 13.1. The van der Waals surface area contributed by atoms with Crippen molar-refractivity contribution in [1.29, 1.82) is 0 Å². The number of anilines is 1. The first-order chi connectivity index (χ1) is 12.9. The van der Waals surface area contributed by atoms with E-state index in [1.807, 2.05) is 0 Å². The number of hydrogen-bond donors (Lipinski definition) is 2. The van der Waals surface area contributed by atoms with Crippen LogP contribution in [-0.2, 0) is 14.3 Å². The Morgan fingerprint density at radius 2 is 1.74 bits per heavy atom. The van der Waals surface area contributed by atoms with Crippen molar-refractivity contribution in [3.05, 3.63) is 59.7 Å². The van der Waals surface area contributed by atoms with E-state index in [0.717, 1.165) is 12.1 Å². The number of methoxy groups -OCH3 is 1. The van der Waals surface area contributed by atoms with Gasteiger partial charge in [0.25, 0.3) is 5.91 Å². The summed E-state index contributed by atoms with van der Waals surface area (Å²) in [5, 5.41) is 4.61. The lowest BCUT2D eigenvalue weighted by Crippen LogP contribution is -2.35. The molecule has 27 heavy (non-hydrogen) atoms. The van der Waals surface area contributed by atoms with Crippen LogP contribution in [0.1, 0.15) is 10.4 Å². The molecule has 2 N–H and O–H groups in total. The molecular weight excluding hydrogens is 362 g/mol. The van der Waals surface area contributed by atoms with Crippen LogP contribution in [0.5, 0.6) is 5.75 Å². The predicted molar refractivity (Wildman–Crippen MR) is 91.3 cm³/mol. The van der Waals surface area contributed by atoms with Gasteiger partial charge >= 0.3 is 5.97 Å². The van der Waals surface area contributed by atoms with Crippen molar-refractivity contribution in [2.24, 2.45) is 0 Å². The summed E-state index contributed by atoms with van der Waals surface area (Å²) in [6.07, 6.45) is 0. The standard InChI is InChI=1S/C18H16F2N2O5/c1-26-18(25)12-4-2-3-5-15(12)27-10-17(24)21-9-16(23)22-11-6-7-13(19)14(20)8-11/h2-8H,9-10H2,1H3,(H,21,24)(H,22,23). The number of ether oxygens (including phenoxy) is 2. The highest BCUT2D eigenvalue weighted by Gasteiger charge is 2.14. The molecule has 0 aromatic heterocycles. The first-order valence-electron chi connectivity index (χ1n) is 7.72. The number of nitrogens with one attached hydrogen (secondary N) is 2. The summed E-state index contributed by atoms with van der Waals surface area (Å²) in [7, 11) is 1.22. The average molecular weight is 378 g/mol. The molecule has 0 saturated carbocycles. The van der Waals surface area contributed by atoms with E-state index in [1.165, 1.54) is 25.3 Å². The smallest absolute Gasteiger partial charge is 0.341 e. The van der Waals surface area contributed by atoms with Crippen molar-refractivity contribution in [2.45, 2.75) is 0 Å². The number of hydrogen-bond acceptors (Lipinski definition) is 5. The zero-order valence-electron chi connectivity index (χ0n) is 14.3. The Hall–Kier alpha value is -3.49. The molecule has 0 spiro atoms. The molecule has 0 fully saturated rings. The van der Waals surface area contributed by atoms with Gasteiger partial charge in [0.05, 0.1) is 13.7 Å². The molecule has 0 saturated heterocycles. The Morgan fingerprint density at radius 3 is 2.44 bits per heavy atom. The van der Waals surface area contributed by atoms with Crippen LogP contribution in [-0.4, -0.2) is 38.0 Å². The van der Waals surface area contributed by atoms with Gasteiger partial charge in [0.1, 0.15) is 11.3 Å². The Morgan fingerprint density at radius 1 is 1.00 bits per heavy atom. The van der Waals surface area contributed by atoms with Crippen LogP contribution >= 0.6 is 0 Å². The van der Waals surface area contributed by atoms with Crippen molar-refractivity contribution in [2.75, 3.05) is 25.6 Å². The minimum absolute atomic E-state index is 0.0522. The Kier molecular flexibility index (Phi) is 6.81. The Bertz CT molecular complexity index is 857. The maximum atomic E-state index is 13.1. The second-order valence-electron chi connectivity index (χ2n) is 5.23. The Labute approximate surface area is 153 Å². The lowest BCUT2D eigenvalue weighted by Gasteiger charge is -2.10. The highest BCUT2D eigenvalue weighted by molar-refractivity contribution is 5.95. The van der Waals surface area contributed by atoms with Gasteiger partial charge in [-0.2, -0.15) is 0 Å². The second-order valence-corrected chi connectivity index (χ2v) is 5.23. The molecular formula is C18H16F2N2O5. The van der Waals surface area contributed by atoms with Crippen LogP contribution < -0.4 is 15.4 Å². The summed E-state index contributed by atoms with van der Waals surface area (Å²) in [5.41, 5.74) is 0.209. The number of esters is 1. The third-order valence-electron chi connectivity index (χ3n) is 3.30. The zero-order valence-corrected chi connectivity index (χ0v) is 14.3. The highest BCUT2D eigenvalue weighted by Crippen LogP contribution is 2.18. The van der Waals surface area contributed by atoms with Crippen molar-refractivity contribution in [3.63, 3.8) is 0 Å². The maximum Gasteiger partial charge on any atom is 0.341 e. The van der Waals surface area contributed by atoms with Crippen molar-refractivity contribution < 1.29 is 32.6 Å². The van der Waals surface area contributed by atoms with Crippen LogP contribution in [0.3, 0.4) is 0 Å². The number of carbonyl (C=O) groups is 3. The average Bonchev–Trinajstić information content (AvgIpc) is 2.67. The molecule has 2 rings (SSSR count). The van der Waals surface area contributed by atoms with Gasteiger partial charge in [-0.1, -0.05) is 12.1 Å². The fourth-order valence-electron chi connectivity index (χ4n) is 2.02. The van der Waals surface area contributed by atoms with Gasteiger partial charge in [0, 0.05) is 11.8 Å². The van der Waals surface area contributed by atoms with Gasteiger partial charge in [-0.05, 0) is 24.3 Å². The fourth-order valence-corrected chi connectivity index (χ4v) is 2.02. The number of carbonyl (C=O) groups excluding carboxylic acids is 3. The normalized spacial score (nSPS) is 10.0. The lowest BCUT2D eigenvalue weighted by molar-refractivity contribution is -0.125. The summed E-state index contributed by atoms with van der Waals surface area (Å²) in [6, 6.07) is 9.09. The number of amides is 2. The summed E-state index contributed by atoms with van der Waals surface area (Å²) in [4.78, 5) is 35.1. The molecule has 9 heteroatoms. The third kappa shape index (κ3) is 5.77. The van der Waals surface area contributed by atoms with Crippen LogP contribution in [0.2, 0.25) is 0 Å². The summed E-state index contributed by atoms with van der Waals surface area (Å²) < 4.78 is 35.8. The van der Waals surface area contributed by atoms with Gasteiger partial charge in [-0.3, -0.25) is 9.59 Å². The van der Waals surface area contributed by atoms with E-state index in [1.54, 1.807) is 12.1 Å². The van der Waals surface area contributed by atoms with Gasteiger partial charge in [0.2, 0.25) is 5.91 Å². The quantitative estimate of drug-likeness (QED) is 0.718. The summed E-state index contributed by atoms with van der Waals surface area (Å²) in [5.74, 6) is -3.85. The number of rotatable bonds is 7. The zero-order chi connectivity index (χ0) is 19.8. The fraction of sp³-hybridized carbons (Fsp3) is 0.167. The van der Waals surface area contributed by atoms with E-state index in [2.05, 4.69) is 15.4 Å². The number of benzene rings is 2. The third-order valence-corrected chi connectivity index (χ3v) is 3.30. The van der Waals surface area contributed by atoms with Crippen LogP contribution in [0.25, 0.3) is 0 Å². The molecule has 142 valence electrons. The molecule has 2 aromatic rings. The highest BCUT2D eigenvalue weighted by atomic mass is 19.2. The molecule has 0 radical (unpaired) electrons. The van der Waals surface area contributed by atoms with E-state index in [9.17, 15) is 23.2 Å². The molecule has 0 atom stereocenters. The first kappa shape index (κ1) is 19.8. The minimum atomic E-state index is -1.10. The molecule has 7 nitrogen and oxygen atoms in total. The molecule has 0 aliphatic rings. The largest absolute Gasteiger partial charge is 0.483 e. The van der Waals surface area contributed by atoms with Crippen LogP contribution in [0.15, 0.2) is 42.5 Å². The molecule has 2 aromatic carbocycles. The van der Waals surface area contributed by atoms with Crippen LogP contribution in [0.4, 0.5) is 14.5 Å². The van der Waals surface area contributed by atoms with Crippen LogP contribution in [0, 0.1) is 11.6 Å². The first-order valence-corrected chi connectivity index (χ1v) is 7.72. The van der Waals surface area contributed by atoms with Gasteiger partial charge in [0.15, 0.2) is 18.2 Å². The predicted octanol–water partition coefficient (Wildman–Crippen LogP) is 1.89. The molecule has 0 heterocycles. The van der Waals surface area contributed by atoms with Crippen molar-refractivity contribution in [1.82, 2.24) is 5.32 Å². The van der Waals surface area contributed by atoms with Crippen molar-refractivity contribution >= 4 is 23.5 Å². The topological polar surface area (TPSA) is 93.7 Å². The monoisotopic (exact) mass is 378 g/mol. The van der Waals surface area contributed by atoms with E-state index < -0.39 is 42.6 Å². The van der Waals surface area contributed by atoms with E-state index >= 15 is 0 Å². The Balaban J connectivity index is 1.82.